The number of pyridine rings is 1. The topological polar surface area (TPSA) is 59.8 Å². The Bertz CT molecular complexity index is 570. The molecule has 5 nitrogen and oxygen atoms in total. The molecule has 21 heavy (non-hydrogen) atoms. The van der Waals surface area contributed by atoms with E-state index in [1.807, 2.05) is 42.8 Å². The molecule has 0 fully saturated rings. The molecule has 2 aromatic heterocycles. The normalized spacial score (nSPS) is 12.1. The maximum atomic E-state index is 11.9. The van der Waals surface area contributed by atoms with Crippen molar-refractivity contribution in [3.05, 3.63) is 42.5 Å². The third-order valence-electron chi connectivity index (χ3n) is 2.94. The highest BCUT2D eigenvalue weighted by molar-refractivity contribution is 8.00. The van der Waals surface area contributed by atoms with Gasteiger partial charge in [0.1, 0.15) is 0 Å². The maximum Gasteiger partial charge on any atom is 0.233 e. The highest BCUT2D eigenvalue weighted by Gasteiger charge is 2.16. The van der Waals surface area contributed by atoms with E-state index in [0.29, 0.717) is 13.1 Å². The van der Waals surface area contributed by atoms with Crippen molar-refractivity contribution < 1.29 is 4.79 Å². The van der Waals surface area contributed by atoms with Crippen LogP contribution in [0, 0.1) is 0 Å². The van der Waals surface area contributed by atoms with E-state index in [2.05, 4.69) is 15.3 Å². The maximum absolute atomic E-state index is 11.9. The molecule has 0 saturated carbocycles. The van der Waals surface area contributed by atoms with Crippen LogP contribution in [-0.4, -0.2) is 32.2 Å². The molecule has 0 aliphatic heterocycles. The first-order valence-corrected chi connectivity index (χ1v) is 7.94. The number of nitrogens with zero attached hydrogens (tertiary/aromatic N) is 3. The quantitative estimate of drug-likeness (QED) is 0.798. The smallest absolute Gasteiger partial charge is 0.233 e. The standard InChI is InChI=1S/C15H20N4OS/c1-3-7-17-14(20)12(2)21-15-18-9-10-19(15)11-13-6-4-5-8-16-13/h4-6,8-10,12H,3,7,11H2,1-2H3,(H,17,20)/t12-/m0/s1. The summed E-state index contributed by atoms with van der Waals surface area (Å²) < 4.78 is 2.01. The van der Waals surface area contributed by atoms with E-state index >= 15 is 0 Å². The minimum Gasteiger partial charge on any atom is -0.355 e. The SMILES string of the molecule is CCCNC(=O)[C@H](C)Sc1nccn1Cc1ccccn1. The summed E-state index contributed by atoms with van der Waals surface area (Å²) in [7, 11) is 0. The highest BCUT2D eigenvalue weighted by atomic mass is 32.2. The predicted molar refractivity (Wildman–Crippen MR) is 84.2 cm³/mol. The van der Waals surface area contributed by atoms with Crippen molar-refractivity contribution in [2.45, 2.75) is 37.2 Å². The zero-order chi connectivity index (χ0) is 15.1. The Hall–Kier alpha value is -1.82. The minimum absolute atomic E-state index is 0.0502. The summed E-state index contributed by atoms with van der Waals surface area (Å²) in [6, 6.07) is 5.84. The largest absolute Gasteiger partial charge is 0.355 e. The van der Waals surface area contributed by atoms with Crippen LogP contribution in [0.1, 0.15) is 26.0 Å². The number of hydrogen-bond acceptors (Lipinski definition) is 4. The summed E-state index contributed by atoms with van der Waals surface area (Å²) in [5, 5.41) is 3.57. The Kier molecular flexibility index (Phi) is 5.80. The van der Waals surface area contributed by atoms with Gasteiger partial charge in [0.05, 0.1) is 17.5 Å². The number of amides is 1. The monoisotopic (exact) mass is 304 g/mol. The van der Waals surface area contributed by atoms with Gasteiger partial charge >= 0.3 is 0 Å². The average molecular weight is 304 g/mol. The molecule has 0 spiro atoms. The van der Waals surface area contributed by atoms with Crippen LogP contribution in [0.5, 0.6) is 0 Å². The fraction of sp³-hybridized carbons (Fsp3) is 0.400. The van der Waals surface area contributed by atoms with Crippen LogP contribution >= 0.6 is 11.8 Å². The van der Waals surface area contributed by atoms with Crippen LogP contribution in [0.2, 0.25) is 0 Å². The van der Waals surface area contributed by atoms with Crippen LogP contribution in [0.15, 0.2) is 41.9 Å². The lowest BCUT2D eigenvalue weighted by atomic mass is 10.3. The molecular formula is C15H20N4OS. The van der Waals surface area contributed by atoms with Crippen molar-refractivity contribution >= 4 is 17.7 Å². The minimum atomic E-state index is -0.165. The van der Waals surface area contributed by atoms with Gasteiger partial charge in [-0.2, -0.15) is 0 Å². The number of imidazole rings is 1. The van der Waals surface area contributed by atoms with Crippen molar-refractivity contribution in [1.29, 1.82) is 0 Å². The Morgan fingerprint density at radius 2 is 2.24 bits per heavy atom. The number of thioether (sulfide) groups is 1. The number of aromatic nitrogens is 3. The molecule has 0 aliphatic rings. The molecule has 1 amide bonds. The molecule has 1 N–H and O–H groups in total. The van der Waals surface area contributed by atoms with Crippen LogP contribution in [0.25, 0.3) is 0 Å². The first-order valence-electron chi connectivity index (χ1n) is 7.06. The lowest BCUT2D eigenvalue weighted by molar-refractivity contribution is -0.120. The molecule has 1 atom stereocenters. The average Bonchev–Trinajstić information content (AvgIpc) is 2.92. The van der Waals surface area contributed by atoms with Gasteiger partial charge in [0.25, 0.3) is 0 Å². The zero-order valence-electron chi connectivity index (χ0n) is 12.3. The van der Waals surface area contributed by atoms with Gasteiger partial charge in [-0.3, -0.25) is 9.78 Å². The van der Waals surface area contributed by atoms with Crippen LogP contribution in [0.3, 0.4) is 0 Å². The zero-order valence-corrected chi connectivity index (χ0v) is 13.1. The molecule has 112 valence electrons. The number of hydrogen-bond donors (Lipinski definition) is 1. The Labute approximate surface area is 129 Å². The van der Waals surface area contributed by atoms with E-state index in [1.54, 1.807) is 12.4 Å². The lowest BCUT2D eigenvalue weighted by Crippen LogP contribution is -2.31. The van der Waals surface area contributed by atoms with Gasteiger partial charge in [0, 0.05) is 25.1 Å². The molecule has 2 aromatic rings. The van der Waals surface area contributed by atoms with Crippen molar-refractivity contribution in [2.24, 2.45) is 0 Å². The van der Waals surface area contributed by atoms with Gasteiger partial charge in [-0.25, -0.2) is 4.98 Å². The van der Waals surface area contributed by atoms with Crippen LogP contribution in [0.4, 0.5) is 0 Å². The van der Waals surface area contributed by atoms with E-state index in [-0.39, 0.29) is 11.2 Å². The molecule has 0 aromatic carbocycles. The van der Waals surface area contributed by atoms with E-state index in [9.17, 15) is 4.79 Å². The Morgan fingerprint density at radius 1 is 1.38 bits per heavy atom. The summed E-state index contributed by atoms with van der Waals surface area (Å²) in [5.74, 6) is 0.0502. The van der Waals surface area contributed by atoms with Gasteiger partial charge < -0.3 is 9.88 Å². The predicted octanol–water partition coefficient (Wildman–Crippen LogP) is 2.33. The Morgan fingerprint density at radius 3 is 2.95 bits per heavy atom. The van der Waals surface area contributed by atoms with Crippen molar-refractivity contribution in [2.75, 3.05) is 6.54 Å². The van der Waals surface area contributed by atoms with E-state index in [0.717, 1.165) is 17.3 Å². The number of rotatable bonds is 7. The second-order valence-electron chi connectivity index (χ2n) is 4.71. The third-order valence-corrected chi connectivity index (χ3v) is 4.05. The molecular weight excluding hydrogens is 284 g/mol. The first kappa shape index (κ1) is 15.6. The van der Waals surface area contributed by atoms with Gasteiger partial charge in [0.2, 0.25) is 5.91 Å². The molecule has 0 aliphatic carbocycles. The molecule has 6 heteroatoms. The van der Waals surface area contributed by atoms with Gasteiger partial charge in [-0.05, 0) is 25.5 Å². The van der Waals surface area contributed by atoms with Gasteiger partial charge in [-0.15, -0.1) is 0 Å². The fourth-order valence-corrected chi connectivity index (χ4v) is 2.69. The third kappa shape index (κ3) is 4.60. The molecule has 0 saturated heterocycles. The summed E-state index contributed by atoms with van der Waals surface area (Å²) in [6.07, 6.45) is 6.38. The van der Waals surface area contributed by atoms with Crippen LogP contribution in [-0.2, 0) is 11.3 Å². The van der Waals surface area contributed by atoms with Crippen molar-refractivity contribution in [1.82, 2.24) is 19.9 Å². The molecule has 2 heterocycles. The summed E-state index contributed by atoms with van der Waals surface area (Å²) in [6.45, 7) is 5.31. The lowest BCUT2D eigenvalue weighted by Gasteiger charge is -2.12. The number of carbonyl (C=O) groups excluding carboxylic acids is 1. The number of nitrogens with one attached hydrogen (secondary N) is 1. The summed E-state index contributed by atoms with van der Waals surface area (Å²) in [5.41, 5.74) is 0.973. The van der Waals surface area contributed by atoms with E-state index in [1.165, 1.54) is 11.8 Å². The van der Waals surface area contributed by atoms with Crippen molar-refractivity contribution in [3.8, 4) is 0 Å². The van der Waals surface area contributed by atoms with Gasteiger partial charge in [0.15, 0.2) is 5.16 Å². The van der Waals surface area contributed by atoms with Crippen molar-refractivity contribution in [3.63, 3.8) is 0 Å². The first-order chi connectivity index (χ1) is 10.2. The van der Waals surface area contributed by atoms with Crippen LogP contribution < -0.4 is 5.32 Å². The van der Waals surface area contributed by atoms with E-state index < -0.39 is 0 Å². The second kappa shape index (κ2) is 7.83. The second-order valence-corrected chi connectivity index (χ2v) is 6.02. The molecule has 0 radical (unpaired) electrons. The fourth-order valence-electron chi connectivity index (χ4n) is 1.80. The molecule has 0 unspecified atom stereocenters. The molecule has 0 bridgehead atoms. The molecule has 2 rings (SSSR count). The van der Waals surface area contributed by atoms with E-state index in [4.69, 9.17) is 0 Å². The number of carbonyl (C=O) groups is 1. The summed E-state index contributed by atoms with van der Waals surface area (Å²) in [4.78, 5) is 20.6. The summed E-state index contributed by atoms with van der Waals surface area (Å²) >= 11 is 1.47. The Balaban J connectivity index is 1.98. The highest BCUT2D eigenvalue weighted by Crippen LogP contribution is 2.22. The van der Waals surface area contributed by atoms with Gasteiger partial charge in [-0.1, -0.05) is 24.8 Å².